The number of piperidine rings is 1. The first-order chi connectivity index (χ1) is 14.1. The van der Waals surface area contributed by atoms with Crippen LogP contribution in [-0.4, -0.2) is 51.3 Å². The zero-order valence-corrected chi connectivity index (χ0v) is 18.2. The summed E-state index contributed by atoms with van der Waals surface area (Å²) in [5.41, 5.74) is 6.56. The summed E-state index contributed by atoms with van der Waals surface area (Å²) < 4.78 is 6.25. The van der Waals surface area contributed by atoms with Crippen LogP contribution < -0.4 is 11.1 Å². The van der Waals surface area contributed by atoms with E-state index < -0.39 is 5.91 Å². The summed E-state index contributed by atoms with van der Waals surface area (Å²) in [5, 5.41) is 17.3. The standard InChI is InChI=1S/C22H32N5O3/c1-21(2)9-13(10-22(3,4)27(21)29)12-30-14-8-17(24-11-14)20-25-16-7-5-6-15(19(23)28)18(16)26-20/h5-7,13-14,17,24H,8-12H2,1-4H3,(H2,23,28)(H,25,26)/q-1. The molecule has 1 aromatic heterocycles. The van der Waals surface area contributed by atoms with Crippen molar-refractivity contribution in [3.63, 3.8) is 0 Å². The van der Waals surface area contributed by atoms with Gasteiger partial charge in [-0.25, -0.2) is 4.98 Å². The first-order valence-electron chi connectivity index (χ1n) is 10.7. The molecule has 8 heteroatoms. The fraction of sp³-hybridized carbons (Fsp3) is 0.636. The first-order valence-corrected chi connectivity index (χ1v) is 10.7. The van der Waals surface area contributed by atoms with Gasteiger partial charge in [0.25, 0.3) is 5.91 Å². The fourth-order valence-corrected chi connectivity index (χ4v) is 5.31. The van der Waals surface area contributed by atoms with Crippen LogP contribution in [0.15, 0.2) is 18.2 Å². The number of aromatic amines is 1. The molecule has 3 heterocycles. The number of imidazole rings is 1. The number of hydrogen-bond donors (Lipinski definition) is 3. The van der Waals surface area contributed by atoms with E-state index in [0.29, 0.717) is 23.6 Å². The number of ether oxygens (including phenoxy) is 1. The van der Waals surface area contributed by atoms with Crippen molar-refractivity contribution in [3.05, 3.63) is 34.8 Å². The van der Waals surface area contributed by atoms with Gasteiger partial charge in [0.05, 0.1) is 23.2 Å². The third-order valence-corrected chi connectivity index (χ3v) is 6.46. The average molecular weight is 415 g/mol. The molecule has 2 atom stereocenters. The zero-order chi connectivity index (χ0) is 21.7. The summed E-state index contributed by atoms with van der Waals surface area (Å²) in [4.78, 5) is 19.6. The normalized spacial score (nSPS) is 27.0. The number of nitrogens with two attached hydrogens (primary N) is 1. The number of nitrogens with zero attached hydrogens (tertiary/aromatic N) is 2. The van der Waals surface area contributed by atoms with E-state index >= 15 is 0 Å². The van der Waals surface area contributed by atoms with Crippen molar-refractivity contribution < 1.29 is 9.53 Å². The minimum atomic E-state index is -0.478. The lowest BCUT2D eigenvalue weighted by Gasteiger charge is -2.60. The lowest BCUT2D eigenvalue weighted by Crippen LogP contribution is -2.58. The Morgan fingerprint density at radius 2 is 2.00 bits per heavy atom. The van der Waals surface area contributed by atoms with Gasteiger partial charge in [0.2, 0.25) is 0 Å². The van der Waals surface area contributed by atoms with Gasteiger partial charge in [-0.1, -0.05) is 6.07 Å². The molecule has 1 aromatic carbocycles. The first kappa shape index (κ1) is 21.2. The van der Waals surface area contributed by atoms with E-state index in [1.54, 1.807) is 12.1 Å². The number of nitrogens with one attached hydrogen (secondary N) is 2. The number of para-hydroxylation sites is 1. The molecule has 8 nitrogen and oxygen atoms in total. The maximum Gasteiger partial charge on any atom is 0.250 e. The number of primary amides is 1. The number of fused-ring (bicyclic) bond motifs is 1. The Balaban J connectivity index is 1.38. The summed E-state index contributed by atoms with van der Waals surface area (Å²) in [5.74, 6) is 0.685. The van der Waals surface area contributed by atoms with Crippen molar-refractivity contribution in [1.29, 1.82) is 0 Å². The summed E-state index contributed by atoms with van der Waals surface area (Å²) in [6.45, 7) is 9.47. The second kappa shape index (κ2) is 7.60. The highest BCUT2D eigenvalue weighted by molar-refractivity contribution is 6.04. The van der Waals surface area contributed by atoms with Gasteiger partial charge in [0.15, 0.2) is 0 Å². The van der Waals surface area contributed by atoms with Crippen LogP contribution in [0.2, 0.25) is 0 Å². The lowest BCUT2D eigenvalue weighted by molar-refractivity contribution is -0.0499. The van der Waals surface area contributed by atoms with Gasteiger partial charge in [-0.3, -0.25) is 4.79 Å². The van der Waals surface area contributed by atoms with Crippen molar-refractivity contribution in [3.8, 4) is 0 Å². The molecule has 164 valence electrons. The van der Waals surface area contributed by atoms with Crippen molar-refractivity contribution in [2.45, 2.75) is 70.2 Å². The highest BCUT2D eigenvalue weighted by Crippen LogP contribution is 2.41. The molecular formula is C22H32N5O3-. The molecule has 0 radical (unpaired) electrons. The highest BCUT2D eigenvalue weighted by Gasteiger charge is 2.40. The predicted molar refractivity (Wildman–Crippen MR) is 116 cm³/mol. The number of carbonyl (C=O) groups is 1. The van der Waals surface area contributed by atoms with Gasteiger partial charge in [0, 0.05) is 24.2 Å². The van der Waals surface area contributed by atoms with Gasteiger partial charge in [-0.2, -0.15) is 0 Å². The molecule has 0 bridgehead atoms. The molecule has 0 saturated carbocycles. The van der Waals surface area contributed by atoms with Crippen LogP contribution in [0.3, 0.4) is 0 Å². The number of benzene rings is 1. The summed E-state index contributed by atoms with van der Waals surface area (Å²) in [7, 11) is 0. The largest absolute Gasteiger partial charge is 0.784 e. The molecule has 2 unspecified atom stereocenters. The third kappa shape index (κ3) is 3.97. The van der Waals surface area contributed by atoms with E-state index in [9.17, 15) is 10.0 Å². The number of rotatable bonds is 5. The Morgan fingerprint density at radius 3 is 2.67 bits per heavy atom. The molecule has 30 heavy (non-hydrogen) atoms. The number of hydroxylamine groups is 2. The fourth-order valence-electron chi connectivity index (χ4n) is 5.31. The Hall–Kier alpha value is -2.00. The number of amides is 1. The van der Waals surface area contributed by atoms with Gasteiger partial charge in [-0.05, 0) is 65.0 Å². The maximum absolute atomic E-state index is 12.5. The number of H-pyrrole nitrogens is 1. The maximum atomic E-state index is 12.5. The third-order valence-electron chi connectivity index (χ3n) is 6.46. The van der Waals surface area contributed by atoms with Gasteiger partial charge in [0.1, 0.15) is 11.3 Å². The predicted octanol–water partition coefficient (Wildman–Crippen LogP) is 2.85. The SMILES string of the molecule is CC1(C)CC(COC2CNC(c3nc4c(C(N)=O)cccc4[nH]3)C2)CC(C)(C)N1[O-]. The highest BCUT2D eigenvalue weighted by atomic mass is 16.5. The van der Waals surface area contributed by atoms with Crippen molar-refractivity contribution in [2.75, 3.05) is 13.2 Å². The van der Waals surface area contributed by atoms with E-state index in [1.165, 1.54) is 5.06 Å². The summed E-state index contributed by atoms with van der Waals surface area (Å²) in [6, 6.07) is 5.43. The van der Waals surface area contributed by atoms with Crippen LogP contribution in [0.25, 0.3) is 11.0 Å². The minimum Gasteiger partial charge on any atom is -0.784 e. The molecule has 2 aliphatic heterocycles. The van der Waals surface area contributed by atoms with E-state index in [-0.39, 0.29) is 23.2 Å². The Kier molecular flexibility index (Phi) is 5.38. The quantitative estimate of drug-likeness (QED) is 0.692. The molecule has 1 amide bonds. The second-order valence-electron chi connectivity index (χ2n) is 10.0. The van der Waals surface area contributed by atoms with Crippen molar-refractivity contribution in [1.82, 2.24) is 20.3 Å². The van der Waals surface area contributed by atoms with E-state index in [2.05, 4.69) is 15.3 Å². The summed E-state index contributed by atoms with van der Waals surface area (Å²) >= 11 is 0. The molecule has 2 fully saturated rings. The van der Waals surface area contributed by atoms with Crippen LogP contribution in [0.1, 0.15) is 69.2 Å². The second-order valence-corrected chi connectivity index (χ2v) is 10.0. The number of aromatic nitrogens is 2. The van der Waals surface area contributed by atoms with E-state index in [1.807, 2.05) is 33.8 Å². The van der Waals surface area contributed by atoms with Crippen molar-refractivity contribution in [2.24, 2.45) is 11.7 Å². The van der Waals surface area contributed by atoms with Gasteiger partial charge in [-0.15, -0.1) is 0 Å². The molecule has 2 aliphatic rings. The number of carbonyl (C=O) groups excluding carboxylic acids is 1. The van der Waals surface area contributed by atoms with Crippen LogP contribution in [0, 0.1) is 11.1 Å². The molecule has 4 N–H and O–H groups in total. The zero-order valence-electron chi connectivity index (χ0n) is 18.2. The molecule has 2 saturated heterocycles. The van der Waals surface area contributed by atoms with Crippen LogP contribution in [0.4, 0.5) is 0 Å². The number of hydrogen-bond acceptors (Lipinski definition) is 6. The van der Waals surface area contributed by atoms with E-state index in [0.717, 1.165) is 37.1 Å². The van der Waals surface area contributed by atoms with Crippen LogP contribution in [-0.2, 0) is 4.74 Å². The molecule has 0 aliphatic carbocycles. The van der Waals surface area contributed by atoms with E-state index in [4.69, 9.17) is 10.5 Å². The van der Waals surface area contributed by atoms with Gasteiger partial charge >= 0.3 is 0 Å². The summed E-state index contributed by atoms with van der Waals surface area (Å²) in [6.07, 6.45) is 2.57. The molecule has 0 spiro atoms. The Morgan fingerprint density at radius 1 is 1.30 bits per heavy atom. The Labute approximate surface area is 177 Å². The molecular weight excluding hydrogens is 382 g/mol. The van der Waals surface area contributed by atoms with Crippen molar-refractivity contribution >= 4 is 16.9 Å². The molecule has 2 aromatic rings. The minimum absolute atomic E-state index is 0.0412. The average Bonchev–Trinajstić information content (AvgIpc) is 3.30. The molecule has 4 rings (SSSR count). The Bertz CT molecular complexity index is 920. The smallest absolute Gasteiger partial charge is 0.250 e. The lowest BCUT2D eigenvalue weighted by atomic mass is 9.75. The van der Waals surface area contributed by atoms with Gasteiger partial charge < -0.3 is 31.0 Å². The monoisotopic (exact) mass is 414 g/mol. The van der Waals surface area contributed by atoms with Crippen LogP contribution >= 0.6 is 0 Å². The topological polar surface area (TPSA) is 119 Å². The van der Waals surface area contributed by atoms with Crippen LogP contribution in [0.5, 0.6) is 0 Å².